The number of benzene rings is 3. The van der Waals surface area contributed by atoms with Crippen LogP contribution in [-0.2, 0) is 0 Å². The molecule has 1 unspecified atom stereocenters. The fourth-order valence-electron chi connectivity index (χ4n) is 4.17. The van der Waals surface area contributed by atoms with Crippen molar-refractivity contribution in [3.8, 4) is 17.1 Å². The van der Waals surface area contributed by atoms with E-state index in [1.165, 1.54) is 41.3 Å². The van der Waals surface area contributed by atoms with E-state index < -0.39 is 23.7 Å². The lowest BCUT2D eigenvalue weighted by Crippen LogP contribution is -2.46. The first-order valence-corrected chi connectivity index (χ1v) is 11.3. The molecule has 7 nitrogen and oxygen atoms in total. The Morgan fingerprint density at radius 2 is 1.78 bits per heavy atom. The van der Waals surface area contributed by atoms with Crippen molar-refractivity contribution in [2.45, 2.75) is 19.9 Å². The van der Waals surface area contributed by atoms with E-state index in [4.69, 9.17) is 9.26 Å². The summed E-state index contributed by atoms with van der Waals surface area (Å²) in [6.07, 6.45) is 0. The van der Waals surface area contributed by atoms with Crippen molar-refractivity contribution in [2.24, 2.45) is 0 Å². The van der Waals surface area contributed by atoms with E-state index in [0.717, 1.165) is 5.75 Å². The third-order valence-corrected chi connectivity index (χ3v) is 5.83. The number of amides is 2. The maximum absolute atomic E-state index is 14.1. The SMILES string of the molecule is CCOc1ccc(-c2noc(C3=C(C)N(c4ccc(F)cc4)C(=O)NC3c3cccc(F)c3)n2)cc1. The molecule has 182 valence electrons. The Hall–Kier alpha value is -4.53. The van der Waals surface area contributed by atoms with Crippen molar-refractivity contribution >= 4 is 17.3 Å². The zero-order valence-corrected chi connectivity index (χ0v) is 19.5. The first-order valence-electron chi connectivity index (χ1n) is 11.3. The summed E-state index contributed by atoms with van der Waals surface area (Å²) in [6.45, 7) is 4.18. The molecule has 36 heavy (non-hydrogen) atoms. The van der Waals surface area contributed by atoms with Gasteiger partial charge < -0.3 is 14.6 Å². The number of carbonyl (C=O) groups is 1. The highest BCUT2D eigenvalue weighted by molar-refractivity contribution is 6.01. The summed E-state index contributed by atoms with van der Waals surface area (Å²) in [5, 5.41) is 7.03. The van der Waals surface area contributed by atoms with Gasteiger partial charge in [-0.3, -0.25) is 4.90 Å². The molecule has 0 aliphatic carbocycles. The predicted molar refractivity (Wildman–Crippen MR) is 130 cm³/mol. The van der Waals surface area contributed by atoms with Crippen LogP contribution in [0.2, 0.25) is 0 Å². The molecule has 0 radical (unpaired) electrons. The van der Waals surface area contributed by atoms with E-state index in [9.17, 15) is 13.6 Å². The van der Waals surface area contributed by atoms with Gasteiger partial charge in [0.2, 0.25) is 5.82 Å². The number of ether oxygens (including phenoxy) is 1. The van der Waals surface area contributed by atoms with Gasteiger partial charge >= 0.3 is 6.03 Å². The average molecular weight is 488 g/mol. The Labute approximate surface area is 206 Å². The zero-order valence-electron chi connectivity index (χ0n) is 19.5. The van der Waals surface area contributed by atoms with E-state index in [0.29, 0.717) is 40.5 Å². The van der Waals surface area contributed by atoms with Crippen LogP contribution in [0.5, 0.6) is 5.75 Å². The van der Waals surface area contributed by atoms with Gasteiger partial charge in [-0.15, -0.1) is 0 Å². The van der Waals surface area contributed by atoms with Crippen LogP contribution in [-0.4, -0.2) is 22.8 Å². The monoisotopic (exact) mass is 488 g/mol. The van der Waals surface area contributed by atoms with Crippen molar-refractivity contribution in [1.82, 2.24) is 15.5 Å². The lowest BCUT2D eigenvalue weighted by Gasteiger charge is -2.35. The molecule has 0 spiro atoms. The molecule has 1 atom stereocenters. The molecule has 0 fully saturated rings. The third kappa shape index (κ3) is 4.43. The van der Waals surface area contributed by atoms with Crippen molar-refractivity contribution in [2.75, 3.05) is 11.5 Å². The van der Waals surface area contributed by atoms with Gasteiger partial charge in [0.1, 0.15) is 17.4 Å². The standard InChI is InChI=1S/C27H22F2N4O3/c1-3-35-22-13-7-17(8-14-22)25-31-26(36-32-25)23-16(2)33(21-11-9-19(28)10-12-21)27(34)30-24(23)18-5-4-6-20(29)15-18/h4-15,24H,3H2,1-2H3,(H,30,34). The van der Waals surface area contributed by atoms with E-state index in [1.807, 2.05) is 31.2 Å². The van der Waals surface area contributed by atoms with Crippen LogP contribution >= 0.6 is 0 Å². The van der Waals surface area contributed by atoms with Crippen molar-refractivity contribution in [1.29, 1.82) is 0 Å². The second-order valence-electron chi connectivity index (χ2n) is 8.13. The van der Waals surface area contributed by atoms with Crippen molar-refractivity contribution < 1.29 is 22.8 Å². The lowest BCUT2D eigenvalue weighted by atomic mass is 9.94. The van der Waals surface area contributed by atoms with Crippen LogP contribution in [0.1, 0.15) is 31.3 Å². The molecule has 2 amide bonds. The maximum atomic E-state index is 14.1. The number of urea groups is 1. The number of allylic oxidation sites excluding steroid dienone is 1. The molecule has 2 heterocycles. The molecule has 9 heteroatoms. The minimum Gasteiger partial charge on any atom is -0.494 e. The number of carbonyl (C=O) groups excluding carboxylic acids is 1. The second kappa shape index (κ2) is 9.61. The molecule has 1 aromatic heterocycles. The van der Waals surface area contributed by atoms with Crippen molar-refractivity contribution in [3.63, 3.8) is 0 Å². The minimum atomic E-state index is -0.751. The highest BCUT2D eigenvalue weighted by Crippen LogP contribution is 2.39. The molecule has 4 aromatic rings. The third-order valence-electron chi connectivity index (χ3n) is 5.83. The van der Waals surface area contributed by atoms with Crippen LogP contribution in [0, 0.1) is 11.6 Å². The second-order valence-corrected chi connectivity index (χ2v) is 8.13. The lowest BCUT2D eigenvalue weighted by molar-refractivity contribution is 0.244. The quantitative estimate of drug-likeness (QED) is 0.354. The number of halogens is 2. The summed E-state index contributed by atoms with van der Waals surface area (Å²) < 4.78 is 38.8. The highest BCUT2D eigenvalue weighted by Gasteiger charge is 2.36. The van der Waals surface area contributed by atoms with Crippen LogP contribution in [0.15, 0.2) is 83.0 Å². The first-order chi connectivity index (χ1) is 17.4. The van der Waals surface area contributed by atoms with Gasteiger partial charge in [0, 0.05) is 11.3 Å². The average Bonchev–Trinajstić information content (AvgIpc) is 3.35. The summed E-state index contributed by atoms with van der Waals surface area (Å²) in [6, 6.07) is 17.5. The summed E-state index contributed by atoms with van der Waals surface area (Å²) in [5.74, 6) is 0.363. The predicted octanol–water partition coefficient (Wildman–Crippen LogP) is 6.12. The number of aromatic nitrogens is 2. The number of rotatable bonds is 6. The topological polar surface area (TPSA) is 80.5 Å². The van der Waals surface area contributed by atoms with Gasteiger partial charge in [0.05, 0.1) is 23.9 Å². The van der Waals surface area contributed by atoms with Gasteiger partial charge in [-0.25, -0.2) is 13.6 Å². The Kier molecular flexibility index (Phi) is 6.20. The molecule has 1 N–H and O–H groups in total. The Bertz CT molecular complexity index is 1430. The number of hydrogen-bond acceptors (Lipinski definition) is 5. The first kappa shape index (κ1) is 23.2. The van der Waals surface area contributed by atoms with E-state index in [2.05, 4.69) is 15.5 Å². The molecule has 1 aliphatic heterocycles. The van der Waals surface area contributed by atoms with Gasteiger partial charge in [-0.2, -0.15) is 4.98 Å². The Morgan fingerprint density at radius 1 is 1.03 bits per heavy atom. The smallest absolute Gasteiger partial charge is 0.326 e. The Morgan fingerprint density at radius 3 is 2.47 bits per heavy atom. The highest BCUT2D eigenvalue weighted by atomic mass is 19.1. The molecule has 0 saturated carbocycles. The van der Waals surface area contributed by atoms with E-state index in [1.54, 1.807) is 19.1 Å². The van der Waals surface area contributed by atoms with Crippen LogP contribution in [0.3, 0.4) is 0 Å². The molecule has 1 aliphatic rings. The number of nitrogens with one attached hydrogen (secondary N) is 1. The summed E-state index contributed by atoms with van der Waals surface area (Å²) >= 11 is 0. The maximum Gasteiger partial charge on any atom is 0.326 e. The van der Waals surface area contributed by atoms with Crippen LogP contribution in [0.25, 0.3) is 17.0 Å². The zero-order chi connectivity index (χ0) is 25.2. The summed E-state index contributed by atoms with van der Waals surface area (Å²) in [7, 11) is 0. The Balaban J connectivity index is 1.61. The van der Waals surface area contributed by atoms with Crippen LogP contribution < -0.4 is 15.0 Å². The van der Waals surface area contributed by atoms with Crippen LogP contribution in [0.4, 0.5) is 19.3 Å². The fourth-order valence-corrected chi connectivity index (χ4v) is 4.17. The van der Waals surface area contributed by atoms with E-state index >= 15 is 0 Å². The van der Waals surface area contributed by atoms with Gasteiger partial charge in [0.15, 0.2) is 0 Å². The molecule has 0 bridgehead atoms. The summed E-state index contributed by atoms with van der Waals surface area (Å²) in [5.41, 5.74) is 2.66. The summed E-state index contributed by atoms with van der Waals surface area (Å²) in [4.78, 5) is 19.1. The molecule has 0 saturated heterocycles. The molecule has 3 aromatic carbocycles. The van der Waals surface area contributed by atoms with Gasteiger partial charge in [-0.05, 0) is 80.1 Å². The van der Waals surface area contributed by atoms with Gasteiger partial charge in [0.25, 0.3) is 5.89 Å². The minimum absolute atomic E-state index is 0.165. The number of hydrogen-bond donors (Lipinski definition) is 1. The normalized spacial score (nSPS) is 15.7. The van der Waals surface area contributed by atoms with Crippen molar-refractivity contribution in [3.05, 3.63) is 102 Å². The fraction of sp³-hybridized carbons (Fsp3) is 0.148. The molecule has 5 rings (SSSR count). The molecular weight excluding hydrogens is 466 g/mol. The largest absolute Gasteiger partial charge is 0.494 e. The van der Waals surface area contributed by atoms with E-state index in [-0.39, 0.29) is 5.89 Å². The molecular formula is C27H22F2N4O3. The van der Waals surface area contributed by atoms with Gasteiger partial charge in [-0.1, -0.05) is 17.3 Å². The number of anilines is 1. The number of nitrogens with zero attached hydrogens (tertiary/aromatic N) is 3.